The van der Waals surface area contributed by atoms with E-state index >= 15 is 0 Å². The fourth-order valence-electron chi connectivity index (χ4n) is 4.40. The Balaban J connectivity index is 0.00000529. The molecule has 240 valence electrons. The molecule has 12 nitrogen and oxygen atoms in total. The lowest BCUT2D eigenvalue weighted by Crippen LogP contribution is -2.43. The third-order valence-corrected chi connectivity index (χ3v) is 8.92. The van der Waals surface area contributed by atoms with E-state index in [0.717, 1.165) is 28.2 Å². The van der Waals surface area contributed by atoms with Crippen LogP contribution in [0.25, 0.3) is 0 Å². The Bertz CT molecular complexity index is 1340. The summed E-state index contributed by atoms with van der Waals surface area (Å²) in [7, 11) is 0. The fraction of sp³-hybridized carbons (Fsp3) is 0.464. The monoisotopic (exact) mass is 687 g/mol. The van der Waals surface area contributed by atoms with Gasteiger partial charge in [-0.05, 0) is 60.7 Å². The number of carbonyl (C=O) groups is 5. The molecule has 2 saturated heterocycles. The highest BCUT2D eigenvalue weighted by Gasteiger charge is 2.36. The Morgan fingerprint density at radius 1 is 1.14 bits per heavy atom. The predicted octanol–water partition coefficient (Wildman–Crippen LogP) is 3.71. The lowest BCUT2D eigenvalue weighted by atomic mass is 10.1. The summed E-state index contributed by atoms with van der Waals surface area (Å²) in [5.74, 6) is -1.11. The zero-order chi connectivity index (χ0) is 31.1. The second kappa shape index (κ2) is 16.5. The van der Waals surface area contributed by atoms with E-state index in [2.05, 4.69) is 4.72 Å². The molecule has 2 aliphatic rings. The molecule has 0 bridgehead atoms. The average Bonchev–Trinajstić information content (AvgIpc) is 3.59. The van der Waals surface area contributed by atoms with Crippen molar-refractivity contribution in [1.82, 2.24) is 9.62 Å². The smallest absolute Gasteiger partial charge is 0.414 e. The van der Waals surface area contributed by atoms with Crippen LogP contribution in [-0.2, 0) is 23.9 Å². The molecule has 2 atom stereocenters. The third kappa shape index (κ3) is 9.16. The number of amides is 4. The fourth-order valence-corrected chi connectivity index (χ4v) is 6.19. The number of morpholine rings is 1. The molecular formula is C28H35Cl2N5O7S2. The zero-order valence-corrected chi connectivity index (χ0v) is 27.4. The van der Waals surface area contributed by atoms with Crippen LogP contribution in [0, 0.1) is 5.92 Å². The summed E-state index contributed by atoms with van der Waals surface area (Å²) < 4.78 is 14.0. The van der Waals surface area contributed by atoms with Gasteiger partial charge in [-0.1, -0.05) is 25.4 Å². The van der Waals surface area contributed by atoms with E-state index in [1.165, 1.54) is 4.90 Å². The molecule has 3 N–H and O–H groups in total. The number of anilines is 2. The minimum Gasteiger partial charge on any atom is -0.442 e. The molecule has 4 rings (SSSR count). The topological polar surface area (TPSA) is 152 Å². The molecule has 0 radical (unpaired) electrons. The maximum atomic E-state index is 13.3. The number of cyclic esters (lactones) is 1. The van der Waals surface area contributed by atoms with Gasteiger partial charge in [-0.25, -0.2) is 4.79 Å². The minimum absolute atomic E-state index is 0. The first kappa shape index (κ1) is 35.8. The number of nitrogens with two attached hydrogens (primary N) is 1. The zero-order valence-electron chi connectivity index (χ0n) is 24.2. The van der Waals surface area contributed by atoms with Gasteiger partial charge in [0.15, 0.2) is 0 Å². The Hall–Kier alpha value is -2.72. The summed E-state index contributed by atoms with van der Waals surface area (Å²) in [6, 6.07) is 9.45. The molecule has 44 heavy (non-hydrogen) atoms. The molecule has 0 saturated carbocycles. The first-order chi connectivity index (χ1) is 20.5. The van der Waals surface area contributed by atoms with Crippen molar-refractivity contribution >= 4 is 87.6 Å². The average molecular weight is 689 g/mol. The van der Waals surface area contributed by atoms with E-state index in [9.17, 15) is 24.0 Å². The van der Waals surface area contributed by atoms with E-state index in [1.807, 2.05) is 13.8 Å². The standard InChI is InChI=1S/C28H34ClN5O7S2.ClH/c1-17(2)25(30)27(38)43-31-11-3-4-23(35)34(26(37)21-9-10-22(29)42-21)15-20-14-33(28(39)41-20)19-7-5-18(6-8-19)32-12-13-40-16-24(32)36;/h5-10,17,20,25,31H,3-4,11-16,30H2,1-2H3;1H/t20-,25-;/m1./s1. The maximum absolute atomic E-state index is 13.3. The van der Waals surface area contributed by atoms with Crippen molar-refractivity contribution in [1.29, 1.82) is 0 Å². The maximum Gasteiger partial charge on any atom is 0.414 e. The van der Waals surface area contributed by atoms with Gasteiger partial charge < -0.3 is 20.1 Å². The van der Waals surface area contributed by atoms with Gasteiger partial charge >= 0.3 is 6.09 Å². The number of benzene rings is 1. The normalized spacial score (nSPS) is 17.3. The number of imide groups is 1. The molecule has 0 aliphatic carbocycles. The van der Waals surface area contributed by atoms with Gasteiger partial charge in [-0.3, -0.25) is 33.7 Å². The Labute approximate surface area is 275 Å². The van der Waals surface area contributed by atoms with E-state index < -0.39 is 30.1 Å². The summed E-state index contributed by atoms with van der Waals surface area (Å²) in [5, 5.41) is -0.190. The Morgan fingerprint density at radius 3 is 2.43 bits per heavy atom. The number of ether oxygens (including phenoxy) is 2. The first-order valence-electron chi connectivity index (χ1n) is 13.8. The van der Waals surface area contributed by atoms with Gasteiger partial charge in [-0.2, -0.15) is 0 Å². The van der Waals surface area contributed by atoms with Crippen LogP contribution < -0.4 is 20.3 Å². The lowest BCUT2D eigenvalue weighted by molar-refractivity contribution is -0.129. The molecule has 1 aromatic carbocycles. The summed E-state index contributed by atoms with van der Waals surface area (Å²) in [4.78, 5) is 68.0. The van der Waals surface area contributed by atoms with Crippen molar-refractivity contribution < 1.29 is 33.4 Å². The number of carbonyl (C=O) groups excluding carboxylic acids is 5. The molecule has 2 aromatic rings. The first-order valence-corrected chi connectivity index (χ1v) is 15.8. The number of hydrogen-bond acceptors (Lipinski definition) is 11. The minimum atomic E-state index is -0.764. The van der Waals surface area contributed by atoms with Gasteiger partial charge in [0.25, 0.3) is 11.8 Å². The number of nitrogens with one attached hydrogen (secondary N) is 1. The van der Waals surface area contributed by atoms with Crippen molar-refractivity contribution in [3.8, 4) is 0 Å². The SMILES string of the molecule is CC(C)[C@@H](N)C(=O)SNCCCC(=O)N(C[C@H]1CN(c2ccc(N3CCOCC3=O)cc2)C(=O)O1)C(=O)c1ccc(Cl)s1.Cl. The highest BCUT2D eigenvalue weighted by Crippen LogP contribution is 2.27. The quantitative estimate of drug-likeness (QED) is 0.250. The number of thiophene rings is 1. The second-order valence-corrected chi connectivity index (χ2v) is 12.9. The molecule has 4 amide bonds. The van der Waals surface area contributed by atoms with Crippen LogP contribution >= 0.6 is 47.3 Å². The van der Waals surface area contributed by atoms with Crippen LogP contribution in [0.2, 0.25) is 4.34 Å². The molecule has 0 unspecified atom stereocenters. The lowest BCUT2D eigenvalue weighted by Gasteiger charge is -2.27. The van der Waals surface area contributed by atoms with Gasteiger partial charge in [-0.15, -0.1) is 23.7 Å². The van der Waals surface area contributed by atoms with Crippen LogP contribution in [0.1, 0.15) is 36.4 Å². The van der Waals surface area contributed by atoms with Crippen molar-refractivity contribution in [3.05, 3.63) is 45.6 Å². The van der Waals surface area contributed by atoms with Gasteiger partial charge in [0.05, 0.1) is 35.0 Å². The molecule has 1 aromatic heterocycles. The van der Waals surface area contributed by atoms with Crippen LogP contribution in [0.4, 0.5) is 16.2 Å². The van der Waals surface area contributed by atoms with Crippen LogP contribution in [-0.4, -0.2) is 85.4 Å². The van der Waals surface area contributed by atoms with E-state index in [4.69, 9.17) is 26.8 Å². The number of halogens is 2. The molecule has 2 aliphatic heterocycles. The number of rotatable bonds is 12. The molecule has 0 spiro atoms. The molecule has 3 heterocycles. The summed E-state index contributed by atoms with van der Waals surface area (Å²) in [5.41, 5.74) is 7.11. The highest BCUT2D eigenvalue weighted by atomic mass is 35.5. The summed E-state index contributed by atoms with van der Waals surface area (Å²) in [6.45, 7) is 4.96. The number of nitrogens with zero attached hydrogens (tertiary/aromatic N) is 3. The van der Waals surface area contributed by atoms with E-state index in [0.29, 0.717) is 41.8 Å². The Morgan fingerprint density at radius 2 is 1.82 bits per heavy atom. The largest absolute Gasteiger partial charge is 0.442 e. The van der Waals surface area contributed by atoms with Gasteiger partial charge in [0.2, 0.25) is 11.0 Å². The van der Waals surface area contributed by atoms with Crippen molar-refractivity contribution in [2.75, 3.05) is 49.2 Å². The van der Waals surface area contributed by atoms with Crippen molar-refractivity contribution in [2.45, 2.75) is 38.8 Å². The van der Waals surface area contributed by atoms with E-state index in [1.54, 1.807) is 41.3 Å². The van der Waals surface area contributed by atoms with Gasteiger partial charge in [0.1, 0.15) is 12.7 Å². The van der Waals surface area contributed by atoms with E-state index in [-0.39, 0.29) is 60.3 Å². The van der Waals surface area contributed by atoms with Crippen molar-refractivity contribution in [3.63, 3.8) is 0 Å². The van der Waals surface area contributed by atoms with Gasteiger partial charge in [0, 0.05) is 30.9 Å². The van der Waals surface area contributed by atoms with Crippen molar-refractivity contribution in [2.24, 2.45) is 11.7 Å². The van der Waals surface area contributed by atoms with Crippen LogP contribution in [0.3, 0.4) is 0 Å². The summed E-state index contributed by atoms with van der Waals surface area (Å²) in [6.07, 6.45) is -0.987. The van der Waals surface area contributed by atoms with Crippen LogP contribution in [0.15, 0.2) is 36.4 Å². The second-order valence-electron chi connectivity index (χ2n) is 10.3. The Kier molecular flexibility index (Phi) is 13.4. The summed E-state index contributed by atoms with van der Waals surface area (Å²) >= 11 is 7.99. The highest BCUT2D eigenvalue weighted by molar-refractivity contribution is 8.12. The third-order valence-electron chi connectivity index (χ3n) is 6.88. The molecule has 16 heteroatoms. The predicted molar refractivity (Wildman–Crippen MR) is 172 cm³/mol. The molecular weight excluding hydrogens is 653 g/mol. The van der Waals surface area contributed by atoms with Crippen LogP contribution in [0.5, 0.6) is 0 Å². The molecule has 2 fully saturated rings. The number of hydrogen-bond donors (Lipinski definition) is 2.